The monoisotopic (exact) mass is 343 g/mol. The van der Waals surface area contributed by atoms with Crippen LogP contribution in [0.4, 0.5) is 4.39 Å². The van der Waals surface area contributed by atoms with Crippen LogP contribution in [0.3, 0.4) is 0 Å². The molecule has 0 bridgehead atoms. The van der Waals surface area contributed by atoms with Gasteiger partial charge in [0.2, 0.25) is 5.91 Å². The molecule has 20 heavy (non-hydrogen) atoms. The Hall–Kier alpha value is -0.980. The number of hydrogen-bond acceptors (Lipinski definition) is 3. The molecule has 1 aromatic carbocycles. The van der Waals surface area contributed by atoms with Gasteiger partial charge < -0.3 is 10.6 Å². The second kappa shape index (κ2) is 6.65. The number of nitrogens with one attached hydrogen (secondary N) is 2. The van der Waals surface area contributed by atoms with Gasteiger partial charge in [-0.25, -0.2) is 4.39 Å². The first-order valence-corrected chi connectivity index (χ1v) is 7.47. The topological polar surface area (TPSA) is 44.4 Å². The van der Waals surface area contributed by atoms with Gasteiger partial charge in [0.15, 0.2) is 0 Å². The molecule has 2 rings (SSSR count). The van der Waals surface area contributed by atoms with Crippen molar-refractivity contribution in [1.29, 1.82) is 0 Å². The summed E-state index contributed by atoms with van der Waals surface area (Å²) in [5.41, 5.74) is 0.988. The normalized spacial score (nSPS) is 21.5. The van der Waals surface area contributed by atoms with E-state index in [0.717, 1.165) is 23.1 Å². The Morgan fingerprint density at radius 2 is 2.35 bits per heavy atom. The molecule has 1 saturated heterocycles. The number of benzene rings is 1. The Kier molecular flexibility index (Phi) is 5.12. The maximum Gasteiger partial charge on any atom is 0.238 e. The minimum atomic E-state index is -0.268. The van der Waals surface area contributed by atoms with Gasteiger partial charge in [0, 0.05) is 37.2 Å². The zero-order chi connectivity index (χ0) is 14.7. The van der Waals surface area contributed by atoms with E-state index in [1.165, 1.54) is 12.1 Å². The fourth-order valence-corrected chi connectivity index (χ4v) is 3.29. The molecule has 0 radical (unpaired) electrons. The number of carbonyl (C=O) groups is 1. The summed E-state index contributed by atoms with van der Waals surface area (Å²) in [6.07, 6.45) is 0. The van der Waals surface area contributed by atoms with Gasteiger partial charge in [-0.1, -0.05) is 22.0 Å². The Morgan fingerprint density at radius 3 is 3.00 bits per heavy atom. The quantitative estimate of drug-likeness (QED) is 0.877. The summed E-state index contributed by atoms with van der Waals surface area (Å²) in [7, 11) is 1.65. The van der Waals surface area contributed by atoms with Gasteiger partial charge in [0.1, 0.15) is 11.9 Å². The number of hydrogen-bond donors (Lipinski definition) is 2. The maximum absolute atomic E-state index is 13.2. The molecular formula is C14H19BrFN3O. The van der Waals surface area contributed by atoms with Gasteiger partial charge in [-0.05, 0) is 24.6 Å². The average molecular weight is 344 g/mol. The Bertz CT molecular complexity index is 497. The first kappa shape index (κ1) is 15.4. The van der Waals surface area contributed by atoms with Crippen molar-refractivity contribution in [2.24, 2.45) is 0 Å². The number of piperazine rings is 1. The number of carbonyl (C=O) groups excluding carboxylic acids is 1. The number of rotatable bonds is 3. The van der Waals surface area contributed by atoms with Crippen molar-refractivity contribution in [3.05, 3.63) is 34.1 Å². The lowest BCUT2D eigenvalue weighted by Crippen LogP contribution is -2.57. The molecule has 1 amide bonds. The first-order chi connectivity index (χ1) is 9.54. The van der Waals surface area contributed by atoms with Crippen LogP contribution in [-0.4, -0.2) is 43.5 Å². The maximum atomic E-state index is 13.2. The molecule has 0 aromatic heterocycles. The van der Waals surface area contributed by atoms with E-state index in [2.05, 4.69) is 31.5 Å². The largest absolute Gasteiger partial charge is 0.358 e. The molecule has 2 unspecified atom stereocenters. The highest BCUT2D eigenvalue weighted by molar-refractivity contribution is 9.10. The highest BCUT2D eigenvalue weighted by Crippen LogP contribution is 2.30. The van der Waals surface area contributed by atoms with E-state index in [-0.39, 0.29) is 23.8 Å². The molecule has 110 valence electrons. The zero-order valence-electron chi connectivity index (χ0n) is 11.6. The number of halogens is 2. The van der Waals surface area contributed by atoms with Crippen LogP contribution in [0.25, 0.3) is 0 Å². The standard InChI is InChI=1S/C14H19BrFN3O/c1-9(11-4-3-10(16)7-12(11)15)19-6-5-18-8-13(19)14(20)17-2/h3-4,7,9,13,18H,5-6,8H2,1-2H3,(H,17,20). The molecule has 1 aliphatic heterocycles. The molecule has 0 spiro atoms. The van der Waals surface area contributed by atoms with Crippen LogP contribution in [0.5, 0.6) is 0 Å². The van der Waals surface area contributed by atoms with Crippen LogP contribution in [0.2, 0.25) is 0 Å². The fourth-order valence-electron chi connectivity index (χ4n) is 2.61. The molecular weight excluding hydrogens is 325 g/mol. The molecule has 2 atom stereocenters. The molecule has 1 aromatic rings. The first-order valence-electron chi connectivity index (χ1n) is 6.67. The molecule has 4 nitrogen and oxygen atoms in total. The van der Waals surface area contributed by atoms with E-state index in [4.69, 9.17) is 0 Å². The predicted octanol–water partition coefficient (Wildman–Crippen LogP) is 1.67. The molecule has 0 aliphatic carbocycles. The van der Waals surface area contributed by atoms with Crippen molar-refractivity contribution < 1.29 is 9.18 Å². The van der Waals surface area contributed by atoms with Gasteiger partial charge in [0.25, 0.3) is 0 Å². The molecule has 0 saturated carbocycles. The van der Waals surface area contributed by atoms with Gasteiger partial charge in [-0.3, -0.25) is 9.69 Å². The van der Waals surface area contributed by atoms with Crippen molar-refractivity contribution in [2.45, 2.75) is 19.0 Å². The molecule has 1 heterocycles. The SMILES string of the molecule is CNC(=O)C1CNCCN1C(C)c1ccc(F)cc1Br. The van der Waals surface area contributed by atoms with E-state index in [0.29, 0.717) is 6.54 Å². The number of nitrogens with zero attached hydrogens (tertiary/aromatic N) is 1. The Morgan fingerprint density at radius 1 is 1.60 bits per heavy atom. The lowest BCUT2D eigenvalue weighted by Gasteiger charge is -2.39. The van der Waals surface area contributed by atoms with Crippen LogP contribution >= 0.6 is 15.9 Å². The van der Waals surface area contributed by atoms with E-state index in [1.807, 2.05) is 6.92 Å². The summed E-state index contributed by atoms with van der Waals surface area (Å²) in [5, 5.41) is 5.94. The molecule has 1 aliphatic rings. The average Bonchev–Trinajstić information content (AvgIpc) is 2.46. The van der Waals surface area contributed by atoms with Crippen LogP contribution in [0, 0.1) is 5.82 Å². The fraction of sp³-hybridized carbons (Fsp3) is 0.500. The second-order valence-electron chi connectivity index (χ2n) is 4.91. The lowest BCUT2D eigenvalue weighted by atomic mass is 10.0. The van der Waals surface area contributed by atoms with Crippen LogP contribution in [0.15, 0.2) is 22.7 Å². The molecule has 1 fully saturated rings. The lowest BCUT2D eigenvalue weighted by molar-refractivity contribution is -0.127. The summed E-state index contributed by atoms with van der Waals surface area (Å²) in [5.74, 6) is -0.265. The third-order valence-electron chi connectivity index (χ3n) is 3.74. The van der Waals surface area contributed by atoms with Crippen molar-refractivity contribution in [3.8, 4) is 0 Å². The van der Waals surface area contributed by atoms with Crippen LogP contribution in [0.1, 0.15) is 18.5 Å². The highest BCUT2D eigenvalue weighted by Gasteiger charge is 2.32. The zero-order valence-corrected chi connectivity index (χ0v) is 13.2. The Labute approximate surface area is 126 Å². The summed E-state index contributed by atoms with van der Waals surface area (Å²) in [6, 6.07) is 4.51. The van der Waals surface area contributed by atoms with E-state index in [1.54, 1.807) is 13.1 Å². The minimum absolute atomic E-state index is 0.00211. The third-order valence-corrected chi connectivity index (χ3v) is 4.43. The van der Waals surface area contributed by atoms with E-state index < -0.39 is 0 Å². The van der Waals surface area contributed by atoms with Crippen LogP contribution in [-0.2, 0) is 4.79 Å². The summed E-state index contributed by atoms with van der Waals surface area (Å²) >= 11 is 3.41. The van der Waals surface area contributed by atoms with E-state index >= 15 is 0 Å². The van der Waals surface area contributed by atoms with Gasteiger partial charge in [-0.15, -0.1) is 0 Å². The summed E-state index contributed by atoms with van der Waals surface area (Å²) < 4.78 is 13.9. The summed E-state index contributed by atoms with van der Waals surface area (Å²) in [4.78, 5) is 14.1. The van der Waals surface area contributed by atoms with Crippen molar-refractivity contribution in [1.82, 2.24) is 15.5 Å². The van der Waals surface area contributed by atoms with Crippen molar-refractivity contribution in [2.75, 3.05) is 26.7 Å². The Balaban J connectivity index is 2.25. The van der Waals surface area contributed by atoms with E-state index in [9.17, 15) is 9.18 Å². The molecule has 2 N–H and O–H groups in total. The number of likely N-dealkylation sites (N-methyl/N-ethyl adjacent to an activating group) is 1. The van der Waals surface area contributed by atoms with Crippen LogP contribution < -0.4 is 10.6 Å². The van der Waals surface area contributed by atoms with Gasteiger partial charge in [0.05, 0.1) is 0 Å². The van der Waals surface area contributed by atoms with Gasteiger partial charge >= 0.3 is 0 Å². The van der Waals surface area contributed by atoms with Crippen molar-refractivity contribution >= 4 is 21.8 Å². The highest BCUT2D eigenvalue weighted by atomic mass is 79.9. The van der Waals surface area contributed by atoms with Crippen molar-refractivity contribution in [3.63, 3.8) is 0 Å². The number of amides is 1. The minimum Gasteiger partial charge on any atom is -0.358 e. The summed E-state index contributed by atoms with van der Waals surface area (Å²) in [6.45, 7) is 4.29. The second-order valence-corrected chi connectivity index (χ2v) is 5.77. The smallest absolute Gasteiger partial charge is 0.238 e. The van der Waals surface area contributed by atoms with Gasteiger partial charge in [-0.2, -0.15) is 0 Å². The third kappa shape index (κ3) is 3.19. The predicted molar refractivity (Wildman–Crippen MR) is 79.9 cm³/mol. The molecule has 6 heteroatoms.